The third-order valence-corrected chi connectivity index (χ3v) is 5.18. The summed E-state index contributed by atoms with van der Waals surface area (Å²) in [5.74, 6) is -2.55. The number of aromatic nitrogens is 5. The van der Waals surface area contributed by atoms with Crippen molar-refractivity contribution >= 4 is 11.0 Å². The molecule has 134 valence electrons. The number of nitriles is 1. The van der Waals surface area contributed by atoms with Gasteiger partial charge in [-0.05, 0) is 24.8 Å². The Balaban J connectivity index is 1.63. The lowest BCUT2D eigenvalue weighted by Gasteiger charge is -2.32. The van der Waals surface area contributed by atoms with Gasteiger partial charge >= 0.3 is 0 Å². The average Bonchev–Trinajstić information content (AvgIpc) is 3.29. The Bertz CT molecular complexity index is 944. The van der Waals surface area contributed by atoms with Gasteiger partial charge in [-0.15, -0.1) is 0 Å². The topological polar surface area (TPSA) is 83.2 Å². The van der Waals surface area contributed by atoms with Crippen LogP contribution in [-0.4, -0.2) is 30.7 Å². The number of aromatic amines is 1. The van der Waals surface area contributed by atoms with Crippen LogP contribution in [0.15, 0.2) is 31.0 Å². The molecule has 0 aromatic carbocycles. The number of nitrogens with one attached hydrogen (secondary N) is 1. The summed E-state index contributed by atoms with van der Waals surface area (Å²) in [6.07, 6.45) is 7.66. The molecule has 1 unspecified atom stereocenters. The van der Waals surface area contributed by atoms with Crippen LogP contribution in [0.5, 0.6) is 0 Å². The molecular weight excluding hydrogens is 338 g/mol. The van der Waals surface area contributed by atoms with Gasteiger partial charge in [-0.1, -0.05) is 0 Å². The van der Waals surface area contributed by atoms with E-state index in [9.17, 15) is 14.0 Å². The molecule has 1 saturated carbocycles. The Morgan fingerprint density at radius 1 is 1.35 bits per heavy atom. The van der Waals surface area contributed by atoms with Crippen molar-refractivity contribution in [3.63, 3.8) is 0 Å². The van der Waals surface area contributed by atoms with E-state index in [1.54, 1.807) is 17.1 Å². The highest BCUT2D eigenvalue weighted by molar-refractivity contribution is 5.89. The highest BCUT2D eigenvalue weighted by Crippen LogP contribution is 2.41. The molecule has 0 radical (unpaired) electrons. The summed E-state index contributed by atoms with van der Waals surface area (Å²) in [4.78, 5) is 11.6. The van der Waals surface area contributed by atoms with E-state index in [2.05, 4.69) is 26.1 Å². The lowest BCUT2D eigenvalue weighted by atomic mass is 9.81. The first-order valence-electron chi connectivity index (χ1n) is 8.65. The summed E-state index contributed by atoms with van der Waals surface area (Å²) in [6.45, 7) is 0. The van der Waals surface area contributed by atoms with Crippen LogP contribution in [0.25, 0.3) is 22.3 Å². The monoisotopic (exact) mass is 356 g/mol. The van der Waals surface area contributed by atoms with E-state index in [0.29, 0.717) is 12.8 Å². The van der Waals surface area contributed by atoms with Gasteiger partial charge in [0.1, 0.15) is 12.0 Å². The van der Waals surface area contributed by atoms with E-state index in [1.165, 1.54) is 6.33 Å². The van der Waals surface area contributed by atoms with Crippen LogP contribution in [-0.2, 0) is 0 Å². The first-order chi connectivity index (χ1) is 12.6. The van der Waals surface area contributed by atoms with Crippen molar-refractivity contribution in [3.8, 4) is 17.3 Å². The maximum atomic E-state index is 13.5. The number of H-pyrrole nitrogens is 1. The van der Waals surface area contributed by atoms with Crippen molar-refractivity contribution in [1.29, 1.82) is 5.26 Å². The molecular formula is C18H18F2N6. The summed E-state index contributed by atoms with van der Waals surface area (Å²) >= 11 is 0. The molecule has 1 fully saturated rings. The molecule has 1 aliphatic rings. The Hall–Kier alpha value is -2.82. The Labute approximate surface area is 148 Å². The smallest absolute Gasteiger partial charge is 0.248 e. The molecule has 3 aromatic heterocycles. The second-order valence-electron chi connectivity index (χ2n) is 6.79. The van der Waals surface area contributed by atoms with Crippen LogP contribution in [0.3, 0.4) is 0 Å². The molecule has 6 nitrogen and oxygen atoms in total. The fraction of sp³-hybridized carbons (Fsp3) is 0.444. The van der Waals surface area contributed by atoms with E-state index < -0.39 is 5.92 Å². The van der Waals surface area contributed by atoms with Crippen molar-refractivity contribution < 1.29 is 8.78 Å². The molecule has 3 heterocycles. The van der Waals surface area contributed by atoms with Gasteiger partial charge in [0.25, 0.3) is 0 Å². The number of hydrogen-bond acceptors (Lipinski definition) is 4. The van der Waals surface area contributed by atoms with Gasteiger partial charge in [0.05, 0.1) is 30.4 Å². The fourth-order valence-electron chi connectivity index (χ4n) is 3.76. The Kier molecular flexibility index (Phi) is 4.15. The van der Waals surface area contributed by atoms with Crippen LogP contribution in [0.2, 0.25) is 0 Å². The summed E-state index contributed by atoms with van der Waals surface area (Å²) < 4.78 is 28.7. The van der Waals surface area contributed by atoms with Gasteiger partial charge < -0.3 is 4.98 Å². The van der Waals surface area contributed by atoms with Crippen molar-refractivity contribution in [3.05, 3.63) is 31.0 Å². The molecule has 1 atom stereocenters. The normalized spacial score (nSPS) is 18.7. The fourth-order valence-corrected chi connectivity index (χ4v) is 3.76. The second-order valence-corrected chi connectivity index (χ2v) is 6.79. The first kappa shape index (κ1) is 16.6. The van der Waals surface area contributed by atoms with Gasteiger partial charge in [-0.2, -0.15) is 10.4 Å². The SMILES string of the molecule is N#CCC(C1CCC(F)(F)CC1)n1cc(-c2ncnc3[nH]ccc23)cn1. The number of nitrogens with zero attached hydrogens (tertiary/aromatic N) is 5. The summed E-state index contributed by atoms with van der Waals surface area (Å²) in [6, 6.07) is 3.88. The maximum Gasteiger partial charge on any atom is 0.248 e. The van der Waals surface area contributed by atoms with E-state index in [4.69, 9.17) is 0 Å². The van der Waals surface area contributed by atoms with Gasteiger partial charge in [0, 0.05) is 36.2 Å². The van der Waals surface area contributed by atoms with Crippen LogP contribution >= 0.6 is 0 Å². The zero-order chi connectivity index (χ0) is 18.1. The highest BCUT2D eigenvalue weighted by atomic mass is 19.3. The molecule has 0 saturated heterocycles. The summed E-state index contributed by atoms with van der Waals surface area (Å²) in [5.41, 5.74) is 2.32. The summed E-state index contributed by atoms with van der Waals surface area (Å²) in [7, 11) is 0. The molecule has 0 amide bonds. The molecule has 0 aliphatic heterocycles. The van der Waals surface area contributed by atoms with Gasteiger partial charge in [-0.3, -0.25) is 4.68 Å². The minimum Gasteiger partial charge on any atom is -0.346 e. The van der Waals surface area contributed by atoms with Crippen molar-refractivity contribution in [2.75, 3.05) is 0 Å². The molecule has 1 N–H and O–H groups in total. The minimum atomic E-state index is -2.58. The molecule has 8 heteroatoms. The largest absolute Gasteiger partial charge is 0.346 e. The summed E-state index contributed by atoms with van der Waals surface area (Å²) in [5, 5.41) is 14.5. The molecule has 4 rings (SSSR count). The zero-order valence-corrected chi connectivity index (χ0v) is 14.1. The lowest BCUT2D eigenvalue weighted by molar-refractivity contribution is -0.0517. The van der Waals surface area contributed by atoms with E-state index in [-0.39, 0.29) is 31.2 Å². The van der Waals surface area contributed by atoms with Crippen molar-refractivity contribution in [1.82, 2.24) is 24.7 Å². The second kappa shape index (κ2) is 6.48. The van der Waals surface area contributed by atoms with E-state index >= 15 is 0 Å². The maximum absolute atomic E-state index is 13.5. The minimum absolute atomic E-state index is 0.0275. The van der Waals surface area contributed by atoms with Gasteiger partial charge in [-0.25, -0.2) is 18.7 Å². The van der Waals surface area contributed by atoms with Gasteiger partial charge in [0.15, 0.2) is 0 Å². The lowest BCUT2D eigenvalue weighted by Crippen LogP contribution is -2.30. The number of alkyl halides is 2. The van der Waals surface area contributed by atoms with Crippen LogP contribution in [0.4, 0.5) is 8.78 Å². The third kappa shape index (κ3) is 3.05. The Morgan fingerprint density at radius 2 is 2.15 bits per heavy atom. The van der Waals surface area contributed by atoms with E-state index in [1.807, 2.05) is 12.3 Å². The highest BCUT2D eigenvalue weighted by Gasteiger charge is 2.38. The van der Waals surface area contributed by atoms with Crippen molar-refractivity contribution in [2.45, 2.75) is 44.1 Å². The Morgan fingerprint density at radius 3 is 2.92 bits per heavy atom. The first-order valence-corrected chi connectivity index (χ1v) is 8.65. The molecule has 0 bridgehead atoms. The van der Waals surface area contributed by atoms with Crippen LogP contribution < -0.4 is 0 Å². The standard InChI is InChI=1S/C18H18F2N6/c19-18(20)5-1-12(2-6-18)15(3-7-21)26-10-13(9-25-26)16-14-4-8-22-17(14)24-11-23-16/h4,8-12,15H,1-3,5-6H2,(H,22,23,24). The van der Waals surface area contributed by atoms with E-state index in [0.717, 1.165) is 22.3 Å². The van der Waals surface area contributed by atoms with Crippen LogP contribution in [0.1, 0.15) is 38.1 Å². The van der Waals surface area contributed by atoms with Crippen molar-refractivity contribution in [2.24, 2.45) is 5.92 Å². The van der Waals surface area contributed by atoms with Gasteiger partial charge in [0.2, 0.25) is 5.92 Å². The predicted octanol–water partition coefficient (Wildman–Crippen LogP) is 4.10. The molecule has 3 aromatic rings. The average molecular weight is 356 g/mol. The number of halogens is 2. The molecule has 0 spiro atoms. The number of rotatable bonds is 4. The quantitative estimate of drug-likeness (QED) is 0.763. The molecule has 26 heavy (non-hydrogen) atoms. The number of hydrogen-bond donors (Lipinski definition) is 1. The third-order valence-electron chi connectivity index (χ3n) is 5.18. The van der Waals surface area contributed by atoms with Crippen LogP contribution in [0, 0.1) is 17.2 Å². The molecule has 1 aliphatic carbocycles. The zero-order valence-electron chi connectivity index (χ0n) is 14.1. The number of fused-ring (bicyclic) bond motifs is 1. The predicted molar refractivity (Wildman–Crippen MR) is 91.3 cm³/mol.